The number of rotatable bonds is 10. The van der Waals surface area contributed by atoms with Gasteiger partial charge in [0.2, 0.25) is 12.7 Å². The number of fused-ring (bicyclic) bond motifs is 2. The number of ether oxygens (including phenoxy) is 4. The first-order valence-corrected chi connectivity index (χ1v) is 13.6. The zero-order chi connectivity index (χ0) is 26.5. The molecule has 3 aromatic rings. The summed E-state index contributed by atoms with van der Waals surface area (Å²) in [6.45, 7) is 3.93. The topological polar surface area (TPSA) is 77.5 Å². The Hall–Kier alpha value is -3.56. The van der Waals surface area contributed by atoms with E-state index in [-0.39, 0.29) is 31.2 Å². The Morgan fingerprint density at radius 2 is 1.97 bits per heavy atom. The monoisotopic (exact) mass is 536 g/mol. The normalized spacial score (nSPS) is 15.7. The smallest absolute Gasteiger partial charge is 0.254 e. The highest BCUT2D eigenvalue weighted by molar-refractivity contribution is 7.10. The highest BCUT2D eigenvalue weighted by Gasteiger charge is 2.34. The van der Waals surface area contributed by atoms with Crippen molar-refractivity contribution in [2.24, 2.45) is 0 Å². The Balaban J connectivity index is 1.34. The number of para-hydroxylation sites is 1. The zero-order valence-electron chi connectivity index (χ0n) is 21.7. The first-order valence-electron chi connectivity index (χ1n) is 12.8. The van der Waals surface area contributed by atoms with Crippen LogP contribution in [-0.2, 0) is 16.0 Å². The molecule has 2 aliphatic heterocycles. The van der Waals surface area contributed by atoms with Gasteiger partial charge >= 0.3 is 0 Å². The summed E-state index contributed by atoms with van der Waals surface area (Å²) in [5.41, 5.74) is 2.62. The number of benzene rings is 2. The summed E-state index contributed by atoms with van der Waals surface area (Å²) in [5, 5.41) is 2.07. The van der Waals surface area contributed by atoms with Crippen LogP contribution in [0.1, 0.15) is 38.8 Å². The van der Waals surface area contributed by atoms with Crippen LogP contribution in [0, 0.1) is 6.92 Å². The number of hydrogen-bond acceptors (Lipinski definition) is 7. The van der Waals surface area contributed by atoms with E-state index in [0.717, 1.165) is 23.3 Å². The molecule has 1 aromatic heterocycles. The fraction of sp³-hybridized carbons (Fsp3) is 0.379. The molecule has 3 heterocycles. The summed E-state index contributed by atoms with van der Waals surface area (Å²) in [5.74, 6) is 1.62. The molecule has 0 aliphatic carbocycles. The molecule has 0 bridgehead atoms. The van der Waals surface area contributed by atoms with Crippen molar-refractivity contribution in [2.45, 2.75) is 25.8 Å². The van der Waals surface area contributed by atoms with Crippen molar-refractivity contribution in [1.82, 2.24) is 9.80 Å². The van der Waals surface area contributed by atoms with Crippen LogP contribution in [0.2, 0.25) is 0 Å². The third-order valence-electron chi connectivity index (χ3n) is 6.91. The highest BCUT2D eigenvalue weighted by Crippen LogP contribution is 2.35. The SMILES string of the molecule is COCCCN(CC(=O)N1CCc2sccc2C1COc1ccccc1C)C(=O)c1ccc2c(c1)OCO2. The molecule has 0 radical (unpaired) electrons. The van der Waals surface area contributed by atoms with Crippen LogP contribution in [0.25, 0.3) is 0 Å². The molecule has 0 spiro atoms. The second-order valence-electron chi connectivity index (χ2n) is 9.37. The number of carbonyl (C=O) groups excluding carboxylic acids is 2. The van der Waals surface area contributed by atoms with Gasteiger partial charge < -0.3 is 28.7 Å². The van der Waals surface area contributed by atoms with Gasteiger partial charge in [-0.15, -0.1) is 11.3 Å². The number of amides is 2. The van der Waals surface area contributed by atoms with E-state index in [4.69, 9.17) is 18.9 Å². The van der Waals surface area contributed by atoms with E-state index < -0.39 is 0 Å². The summed E-state index contributed by atoms with van der Waals surface area (Å²) >= 11 is 1.71. The second kappa shape index (κ2) is 11.9. The van der Waals surface area contributed by atoms with Crippen molar-refractivity contribution in [2.75, 3.05) is 46.8 Å². The minimum atomic E-state index is -0.228. The average molecular weight is 537 g/mol. The third kappa shape index (κ3) is 5.63. The van der Waals surface area contributed by atoms with E-state index in [1.165, 1.54) is 4.88 Å². The molecule has 0 N–H and O–H groups in total. The third-order valence-corrected chi connectivity index (χ3v) is 7.91. The Morgan fingerprint density at radius 3 is 2.82 bits per heavy atom. The van der Waals surface area contributed by atoms with E-state index >= 15 is 0 Å². The molecule has 38 heavy (non-hydrogen) atoms. The molecule has 0 fully saturated rings. The lowest BCUT2D eigenvalue weighted by Gasteiger charge is -2.37. The molecule has 1 atom stereocenters. The first kappa shape index (κ1) is 26.1. The lowest BCUT2D eigenvalue weighted by molar-refractivity contribution is -0.135. The standard InChI is InChI=1S/C29H32N2O6S/c1-20-6-3-4-7-24(20)35-18-23-22-11-15-38-27(22)10-13-31(23)28(32)17-30(12-5-14-34-2)29(33)21-8-9-25-26(16-21)37-19-36-25/h3-4,6-9,11,15-16,23H,5,10,12-14,17-19H2,1-2H3. The molecule has 200 valence electrons. The molecule has 1 unspecified atom stereocenters. The highest BCUT2D eigenvalue weighted by atomic mass is 32.1. The van der Waals surface area contributed by atoms with Crippen molar-refractivity contribution >= 4 is 23.2 Å². The maximum atomic E-state index is 13.8. The van der Waals surface area contributed by atoms with Crippen molar-refractivity contribution in [1.29, 1.82) is 0 Å². The van der Waals surface area contributed by atoms with Gasteiger partial charge in [0.15, 0.2) is 11.5 Å². The van der Waals surface area contributed by atoms with E-state index in [1.807, 2.05) is 36.1 Å². The van der Waals surface area contributed by atoms with Crippen molar-refractivity contribution in [3.05, 3.63) is 75.5 Å². The fourth-order valence-corrected chi connectivity index (χ4v) is 5.81. The van der Waals surface area contributed by atoms with Crippen LogP contribution < -0.4 is 14.2 Å². The van der Waals surface area contributed by atoms with Crippen molar-refractivity contribution in [3.63, 3.8) is 0 Å². The van der Waals surface area contributed by atoms with E-state index in [1.54, 1.807) is 41.5 Å². The lowest BCUT2D eigenvalue weighted by atomic mass is 10.00. The predicted octanol–water partition coefficient (Wildman–Crippen LogP) is 4.47. The largest absolute Gasteiger partial charge is 0.491 e. The van der Waals surface area contributed by atoms with Crippen LogP contribution in [0.3, 0.4) is 0 Å². The fourth-order valence-electron chi connectivity index (χ4n) is 4.88. The van der Waals surface area contributed by atoms with Gasteiger partial charge in [0.25, 0.3) is 5.91 Å². The summed E-state index contributed by atoms with van der Waals surface area (Å²) < 4.78 is 22.3. The Labute approximate surface area is 226 Å². The molecule has 2 aliphatic rings. The molecule has 8 nitrogen and oxygen atoms in total. The van der Waals surface area contributed by atoms with Gasteiger partial charge in [-0.2, -0.15) is 0 Å². The van der Waals surface area contributed by atoms with Gasteiger partial charge in [0, 0.05) is 37.2 Å². The molecule has 2 aromatic carbocycles. The zero-order valence-corrected chi connectivity index (χ0v) is 22.5. The Bertz CT molecular complexity index is 1290. The van der Waals surface area contributed by atoms with E-state index in [2.05, 4.69) is 11.4 Å². The number of thiophene rings is 1. The van der Waals surface area contributed by atoms with Gasteiger partial charge in [0.1, 0.15) is 18.9 Å². The average Bonchev–Trinajstić information content (AvgIpc) is 3.60. The van der Waals surface area contributed by atoms with Gasteiger partial charge in [0.05, 0.1) is 6.04 Å². The van der Waals surface area contributed by atoms with E-state index in [0.29, 0.717) is 49.8 Å². The summed E-state index contributed by atoms with van der Waals surface area (Å²) in [4.78, 5) is 32.1. The van der Waals surface area contributed by atoms with E-state index in [9.17, 15) is 9.59 Å². The van der Waals surface area contributed by atoms with Gasteiger partial charge in [-0.05, 0) is 66.6 Å². The quantitative estimate of drug-likeness (QED) is 0.356. The number of hydrogen-bond donors (Lipinski definition) is 0. The van der Waals surface area contributed by atoms with Crippen molar-refractivity contribution < 1.29 is 28.5 Å². The van der Waals surface area contributed by atoms with Crippen LogP contribution in [-0.4, -0.2) is 68.4 Å². The van der Waals surface area contributed by atoms with Gasteiger partial charge in [-0.25, -0.2) is 0 Å². The molecule has 0 saturated heterocycles. The van der Waals surface area contributed by atoms with Crippen LogP contribution in [0.15, 0.2) is 53.9 Å². The van der Waals surface area contributed by atoms with Crippen molar-refractivity contribution in [3.8, 4) is 17.2 Å². The number of methoxy groups -OCH3 is 1. The number of aryl methyl sites for hydroxylation is 1. The molecular formula is C29H32N2O6S. The Morgan fingerprint density at radius 1 is 1.13 bits per heavy atom. The molecule has 5 rings (SSSR count). The number of carbonyl (C=O) groups is 2. The lowest BCUT2D eigenvalue weighted by Crippen LogP contribution is -2.48. The van der Waals surface area contributed by atoms with Crippen LogP contribution >= 0.6 is 11.3 Å². The maximum absolute atomic E-state index is 13.8. The molecule has 0 saturated carbocycles. The summed E-state index contributed by atoms with van der Waals surface area (Å²) in [6.07, 6.45) is 1.41. The van der Waals surface area contributed by atoms with Crippen LogP contribution in [0.5, 0.6) is 17.2 Å². The predicted molar refractivity (Wildman–Crippen MR) is 144 cm³/mol. The second-order valence-corrected chi connectivity index (χ2v) is 10.4. The minimum absolute atomic E-state index is 0.0304. The maximum Gasteiger partial charge on any atom is 0.254 e. The van der Waals surface area contributed by atoms with Crippen LogP contribution in [0.4, 0.5) is 0 Å². The first-order chi connectivity index (χ1) is 18.5. The Kier molecular flexibility index (Phi) is 8.14. The van der Waals surface area contributed by atoms with Gasteiger partial charge in [-0.3, -0.25) is 9.59 Å². The summed E-state index contributed by atoms with van der Waals surface area (Å²) in [7, 11) is 1.63. The molecular weight excluding hydrogens is 504 g/mol. The molecule has 9 heteroatoms. The summed E-state index contributed by atoms with van der Waals surface area (Å²) in [6, 6.07) is 14.9. The number of nitrogens with zero attached hydrogens (tertiary/aromatic N) is 2. The molecule has 2 amide bonds. The van der Waals surface area contributed by atoms with Gasteiger partial charge in [-0.1, -0.05) is 18.2 Å². The minimum Gasteiger partial charge on any atom is -0.491 e.